The second kappa shape index (κ2) is 6.26. The minimum Gasteiger partial charge on any atom is -0.440 e. The van der Waals surface area contributed by atoms with E-state index in [0.717, 1.165) is 25.7 Å². The van der Waals surface area contributed by atoms with E-state index in [-0.39, 0.29) is 6.54 Å². The number of rotatable bonds is 3. The highest BCUT2D eigenvalue weighted by molar-refractivity contribution is 5.67. The topological polar surface area (TPSA) is 58.6 Å². The third kappa shape index (κ3) is 6.09. The molecular weight excluding hydrogens is 251 g/mol. The number of hydrogen-bond donors (Lipinski definition) is 2. The molecule has 1 saturated carbocycles. The van der Waals surface area contributed by atoms with Gasteiger partial charge in [-0.2, -0.15) is 13.2 Å². The maximum Gasteiger partial charge on any atom is 0.422 e. The van der Waals surface area contributed by atoms with Crippen LogP contribution in [0.5, 0.6) is 0 Å². The first-order chi connectivity index (χ1) is 8.31. The van der Waals surface area contributed by atoms with E-state index < -0.39 is 24.5 Å². The van der Waals surface area contributed by atoms with Crippen LogP contribution >= 0.6 is 0 Å². The molecule has 18 heavy (non-hydrogen) atoms. The highest BCUT2D eigenvalue weighted by Gasteiger charge is 2.31. The molecule has 1 amide bonds. The number of halogens is 3. The van der Waals surface area contributed by atoms with Crippen LogP contribution in [-0.4, -0.2) is 36.1 Å². The van der Waals surface area contributed by atoms with Gasteiger partial charge >= 0.3 is 12.3 Å². The third-order valence-electron chi connectivity index (χ3n) is 2.96. The Morgan fingerprint density at radius 1 is 1.22 bits per heavy atom. The molecular formula is C11H18F3NO3. The van der Waals surface area contributed by atoms with Crippen molar-refractivity contribution in [2.75, 3.05) is 13.2 Å². The van der Waals surface area contributed by atoms with Crippen molar-refractivity contribution in [1.29, 1.82) is 0 Å². The van der Waals surface area contributed by atoms with Gasteiger partial charge in [-0.25, -0.2) is 4.79 Å². The molecule has 1 aliphatic rings. The van der Waals surface area contributed by atoms with Gasteiger partial charge in [-0.05, 0) is 12.8 Å². The zero-order chi connectivity index (χ0) is 13.6. The first-order valence-electron chi connectivity index (χ1n) is 6.01. The van der Waals surface area contributed by atoms with Gasteiger partial charge in [0, 0.05) is 6.54 Å². The lowest BCUT2D eigenvalue weighted by molar-refractivity contribution is -0.160. The molecule has 0 bridgehead atoms. The average Bonchev–Trinajstić information content (AvgIpc) is 2.48. The summed E-state index contributed by atoms with van der Waals surface area (Å²) in [5, 5.41) is 12.3. The highest BCUT2D eigenvalue weighted by atomic mass is 19.4. The summed E-state index contributed by atoms with van der Waals surface area (Å²) in [4.78, 5) is 11.0. The van der Waals surface area contributed by atoms with Gasteiger partial charge in [0.1, 0.15) is 0 Å². The largest absolute Gasteiger partial charge is 0.440 e. The molecule has 1 fully saturated rings. The Hall–Kier alpha value is -0.980. The molecule has 0 unspecified atom stereocenters. The second-order valence-corrected chi connectivity index (χ2v) is 4.68. The van der Waals surface area contributed by atoms with E-state index in [2.05, 4.69) is 10.1 Å². The van der Waals surface area contributed by atoms with Crippen molar-refractivity contribution in [1.82, 2.24) is 5.32 Å². The summed E-state index contributed by atoms with van der Waals surface area (Å²) in [6.45, 7) is -1.68. The molecule has 0 aliphatic heterocycles. The van der Waals surface area contributed by atoms with Crippen LogP contribution in [0.2, 0.25) is 0 Å². The molecule has 0 atom stereocenters. The van der Waals surface area contributed by atoms with Crippen LogP contribution < -0.4 is 5.32 Å². The van der Waals surface area contributed by atoms with Crippen molar-refractivity contribution in [2.24, 2.45) is 0 Å². The molecule has 1 rings (SSSR count). The van der Waals surface area contributed by atoms with E-state index in [4.69, 9.17) is 0 Å². The first-order valence-corrected chi connectivity index (χ1v) is 6.01. The fourth-order valence-corrected chi connectivity index (χ4v) is 2.00. The molecule has 0 radical (unpaired) electrons. The summed E-state index contributed by atoms with van der Waals surface area (Å²) < 4.78 is 39.3. The molecule has 0 aromatic carbocycles. The zero-order valence-corrected chi connectivity index (χ0v) is 10.1. The number of nitrogens with one attached hydrogen (secondary N) is 1. The summed E-state index contributed by atoms with van der Waals surface area (Å²) in [5.41, 5.74) is -1.02. The van der Waals surface area contributed by atoms with Gasteiger partial charge in [0.2, 0.25) is 0 Å². The van der Waals surface area contributed by atoms with Crippen LogP contribution in [0, 0.1) is 0 Å². The highest BCUT2D eigenvalue weighted by Crippen LogP contribution is 2.26. The quantitative estimate of drug-likeness (QED) is 0.773. The van der Waals surface area contributed by atoms with E-state index in [1.54, 1.807) is 0 Å². The third-order valence-corrected chi connectivity index (χ3v) is 2.96. The number of alkyl halides is 3. The van der Waals surface area contributed by atoms with E-state index in [0.29, 0.717) is 12.8 Å². The monoisotopic (exact) mass is 269 g/mol. The maximum atomic E-state index is 11.8. The Kier molecular flexibility index (Phi) is 5.25. The predicted octanol–water partition coefficient (Wildman–Crippen LogP) is 2.36. The fraction of sp³-hybridized carbons (Fsp3) is 0.909. The van der Waals surface area contributed by atoms with Crippen molar-refractivity contribution in [3.63, 3.8) is 0 Å². The van der Waals surface area contributed by atoms with Crippen LogP contribution in [0.25, 0.3) is 0 Å². The molecule has 0 saturated heterocycles. The van der Waals surface area contributed by atoms with Crippen molar-refractivity contribution in [3.05, 3.63) is 0 Å². The predicted molar refractivity (Wildman–Crippen MR) is 58.1 cm³/mol. The number of carbonyl (C=O) groups excluding carboxylic acids is 1. The molecule has 106 valence electrons. The number of aliphatic hydroxyl groups is 1. The van der Waals surface area contributed by atoms with Gasteiger partial charge < -0.3 is 15.2 Å². The number of ether oxygens (including phenoxy) is 1. The SMILES string of the molecule is O=C(NCC1(O)CCCCCC1)OCC(F)(F)F. The number of carbonyl (C=O) groups is 1. The summed E-state index contributed by atoms with van der Waals surface area (Å²) in [6, 6.07) is 0. The minimum absolute atomic E-state index is 0.0658. The summed E-state index contributed by atoms with van der Waals surface area (Å²) >= 11 is 0. The average molecular weight is 269 g/mol. The van der Waals surface area contributed by atoms with E-state index in [9.17, 15) is 23.1 Å². The van der Waals surface area contributed by atoms with Crippen LogP contribution in [0.1, 0.15) is 38.5 Å². The molecule has 2 N–H and O–H groups in total. The molecule has 7 heteroatoms. The fourth-order valence-electron chi connectivity index (χ4n) is 2.00. The van der Waals surface area contributed by atoms with Crippen molar-refractivity contribution < 1.29 is 27.8 Å². The Morgan fingerprint density at radius 2 is 1.78 bits per heavy atom. The summed E-state index contributed by atoms with van der Waals surface area (Å²) in [7, 11) is 0. The van der Waals surface area contributed by atoms with E-state index >= 15 is 0 Å². The molecule has 0 aromatic rings. The van der Waals surface area contributed by atoms with Crippen LogP contribution in [0.4, 0.5) is 18.0 Å². The van der Waals surface area contributed by atoms with E-state index in [1.165, 1.54) is 0 Å². The molecule has 0 spiro atoms. The van der Waals surface area contributed by atoms with Crippen molar-refractivity contribution in [2.45, 2.75) is 50.3 Å². The van der Waals surface area contributed by atoms with Crippen molar-refractivity contribution >= 4 is 6.09 Å². The van der Waals surface area contributed by atoms with E-state index in [1.807, 2.05) is 0 Å². The second-order valence-electron chi connectivity index (χ2n) is 4.68. The normalized spacial score (nSPS) is 20.0. The lowest BCUT2D eigenvalue weighted by Crippen LogP contribution is -2.43. The maximum absolute atomic E-state index is 11.8. The lowest BCUT2D eigenvalue weighted by atomic mass is 9.95. The Labute approximate surface area is 103 Å². The van der Waals surface area contributed by atoms with Gasteiger partial charge in [0.15, 0.2) is 6.61 Å². The minimum atomic E-state index is -4.53. The number of alkyl carbamates (subject to hydrolysis) is 1. The summed E-state index contributed by atoms with van der Waals surface area (Å²) in [5.74, 6) is 0. The zero-order valence-electron chi connectivity index (χ0n) is 10.1. The van der Waals surface area contributed by atoms with Crippen LogP contribution in [0.15, 0.2) is 0 Å². The lowest BCUT2D eigenvalue weighted by Gasteiger charge is -2.26. The Balaban J connectivity index is 2.28. The van der Waals surface area contributed by atoms with Gasteiger partial charge in [-0.1, -0.05) is 25.7 Å². The molecule has 1 aliphatic carbocycles. The molecule has 0 heterocycles. The van der Waals surface area contributed by atoms with Crippen LogP contribution in [-0.2, 0) is 4.74 Å². The van der Waals surface area contributed by atoms with Gasteiger partial charge in [-0.15, -0.1) is 0 Å². The number of hydrogen-bond acceptors (Lipinski definition) is 3. The van der Waals surface area contributed by atoms with Gasteiger partial charge in [0.05, 0.1) is 5.60 Å². The summed E-state index contributed by atoms with van der Waals surface area (Å²) in [6.07, 6.45) is -0.812. The Bertz CT molecular complexity index is 273. The van der Waals surface area contributed by atoms with Gasteiger partial charge in [-0.3, -0.25) is 0 Å². The molecule has 0 aromatic heterocycles. The smallest absolute Gasteiger partial charge is 0.422 e. The standard InChI is InChI=1S/C11H18F3NO3/c12-11(13,14)8-18-9(16)15-7-10(17)5-3-1-2-4-6-10/h17H,1-8H2,(H,15,16). The Morgan fingerprint density at radius 3 is 2.28 bits per heavy atom. The van der Waals surface area contributed by atoms with Crippen molar-refractivity contribution in [3.8, 4) is 0 Å². The molecule has 4 nitrogen and oxygen atoms in total. The first kappa shape index (κ1) is 15.1. The van der Waals surface area contributed by atoms with Crippen LogP contribution in [0.3, 0.4) is 0 Å². The van der Waals surface area contributed by atoms with Gasteiger partial charge in [0.25, 0.3) is 0 Å². The number of amides is 1.